The normalized spacial score (nSPS) is 11.4. The van der Waals surface area contributed by atoms with Crippen molar-refractivity contribution in [1.29, 1.82) is 0 Å². The Morgan fingerprint density at radius 3 is 2.29 bits per heavy atom. The van der Waals surface area contributed by atoms with Crippen LogP contribution in [0.25, 0.3) is 16.9 Å². The summed E-state index contributed by atoms with van der Waals surface area (Å²) in [5.41, 5.74) is 8.04. The van der Waals surface area contributed by atoms with E-state index < -0.39 is 23.1 Å². The third-order valence-electron chi connectivity index (χ3n) is 4.87. The number of aromatic nitrogens is 2. The number of halogens is 2. The second-order valence-corrected chi connectivity index (χ2v) is 11.4. The molecule has 10 heteroatoms. The largest absolute Gasteiger partial charge is 0.444 e. The highest BCUT2D eigenvalue weighted by molar-refractivity contribution is 6.32. The Kier molecular flexibility index (Phi) is 8.65. The molecule has 0 spiro atoms. The standard InChI is InChI=1S/C28H31Cl2N5O3/c1-27(2,3)33-25(36)23-22(31)24(18-10-12-19(29)13-11-18)35(34-23)21-14-9-17(16-20(21)30)8-7-15-32-26(37)38-28(4,5)6/h9-14,16H,15,31H2,1-6H3,(H,32,37)(H,33,36). The van der Waals surface area contributed by atoms with Crippen molar-refractivity contribution in [1.82, 2.24) is 20.4 Å². The van der Waals surface area contributed by atoms with Crippen molar-refractivity contribution in [2.75, 3.05) is 12.3 Å². The summed E-state index contributed by atoms with van der Waals surface area (Å²) in [6.45, 7) is 11.1. The van der Waals surface area contributed by atoms with E-state index in [-0.39, 0.29) is 17.9 Å². The molecule has 2 amide bonds. The highest BCUT2D eigenvalue weighted by Crippen LogP contribution is 2.34. The molecule has 0 atom stereocenters. The van der Waals surface area contributed by atoms with Gasteiger partial charge in [-0.05, 0) is 71.9 Å². The van der Waals surface area contributed by atoms with Crippen molar-refractivity contribution >= 4 is 40.9 Å². The highest BCUT2D eigenvalue weighted by atomic mass is 35.5. The van der Waals surface area contributed by atoms with Crippen molar-refractivity contribution in [2.24, 2.45) is 0 Å². The molecule has 4 N–H and O–H groups in total. The van der Waals surface area contributed by atoms with Crippen molar-refractivity contribution in [3.63, 3.8) is 0 Å². The lowest BCUT2D eigenvalue weighted by Gasteiger charge is -2.19. The SMILES string of the molecule is CC(C)(C)NC(=O)c1nn(-c2ccc(C#CCNC(=O)OC(C)(C)C)cc2Cl)c(-c2ccc(Cl)cc2)c1N. The van der Waals surface area contributed by atoms with E-state index in [4.69, 9.17) is 33.7 Å². The summed E-state index contributed by atoms with van der Waals surface area (Å²) in [7, 11) is 0. The molecule has 0 saturated carbocycles. The number of ether oxygens (including phenoxy) is 1. The van der Waals surface area contributed by atoms with Gasteiger partial charge < -0.3 is 21.1 Å². The molecule has 8 nitrogen and oxygen atoms in total. The number of anilines is 1. The van der Waals surface area contributed by atoms with E-state index in [1.54, 1.807) is 67.9 Å². The van der Waals surface area contributed by atoms with Gasteiger partial charge in [0.25, 0.3) is 5.91 Å². The van der Waals surface area contributed by atoms with Crippen LogP contribution in [0.15, 0.2) is 42.5 Å². The topological polar surface area (TPSA) is 111 Å². The fourth-order valence-corrected chi connectivity index (χ4v) is 3.78. The average Bonchev–Trinajstić information content (AvgIpc) is 3.12. The van der Waals surface area contributed by atoms with E-state index in [9.17, 15) is 9.59 Å². The Bertz CT molecular complexity index is 1410. The summed E-state index contributed by atoms with van der Waals surface area (Å²) >= 11 is 12.7. The van der Waals surface area contributed by atoms with Gasteiger partial charge in [0, 0.05) is 21.7 Å². The number of nitrogens with one attached hydrogen (secondary N) is 2. The zero-order chi connectivity index (χ0) is 28.3. The van der Waals surface area contributed by atoms with Gasteiger partial charge >= 0.3 is 6.09 Å². The van der Waals surface area contributed by atoms with Gasteiger partial charge in [0.15, 0.2) is 5.69 Å². The van der Waals surface area contributed by atoms with Gasteiger partial charge in [0.1, 0.15) is 5.60 Å². The van der Waals surface area contributed by atoms with Gasteiger partial charge in [-0.3, -0.25) is 4.79 Å². The molecule has 0 saturated heterocycles. The number of rotatable bonds is 4. The molecule has 1 heterocycles. The van der Waals surface area contributed by atoms with Crippen LogP contribution in [-0.2, 0) is 4.74 Å². The van der Waals surface area contributed by atoms with Crippen LogP contribution in [0.1, 0.15) is 57.6 Å². The zero-order valence-corrected chi connectivity index (χ0v) is 23.7. The van der Waals surface area contributed by atoms with Gasteiger partial charge in [0.2, 0.25) is 0 Å². The molecule has 0 bridgehead atoms. The molecule has 0 aliphatic carbocycles. The van der Waals surface area contributed by atoms with E-state index in [0.29, 0.717) is 32.6 Å². The summed E-state index contributed by atoms with van der Waals surface area (Å²) in [6.07, 6.45) is -0.544. The fourth-order valence-electron chi connectivity index (χ4n) is 3.39. The van der Waals surface area contributed by atoms with Crippen LogP contribution in [0.4, 0.5) is 10.5 Å². The van der Waals surface area contributed by atoms with E-state index in [1.807, 2.05) is 20.8 Å². The number of hydrogen-bond donors (Lipinski definition) is 3. The summed E-state index contributed by atoms with van der Waals surface area (Å²) in [4.78, 5) is 24.8. The van der Waals surface area contributed by atoms with Crippen LogP contribution < -0.4 is 16.4 Å². The summed E-state index contributed by atoms with van der Waals surface area (Å²) in [5, 5.41) is 10.9. The first kappa shape index (κ1) is 28.9. The Balaban J connectivity index is 1.95. The Labute approximate surface area is 232 Å². The zero-order valence-electron chi connectivity index (χ0n) is 22.2. The molecule has 0 fully saturated rings. The third kappa shape index (κ3) is 7.67. The predicted molar refractivity (Wildman–Crippen MR) is 152 cm³/mol. The van der Waals surface area contributed by atoms with Crippen LogP contribution in [0.3, 0.4) is 0 Å². The number of amides is 2. The van der Waals surface area contributed by atoms with E-state index in [0.717, 1.165) is 0 Å². The maximum atomic E-state index is 13.0. The highest BCUT2D eigenvalue weighted by Gasteiger charge is 2.26. The minimum Gasteiger partial charge on any atom is -0.444 e. The summed E-state index contributed by atoms with van der Waals surface area (Å²) in [5.74, 6) is 5.42. The Morgan fingerprint density at radius 1 is 1.05 bits per heavy atom. The van der Waals surface area contributed by atoms with Gasteiger partial charge in [-0.1, -0.05) is 47.2 Å². The Hall–Kier alpha value is -3.67. The second kappa shape index (κ2) is 11.4. The number of nitrogen functional groups attached to an aromatic ring is 1. The third-order valence-corrected chi connectivity index (χ3v) is 5.43. The fraction of sp³-hybridized carbons (Fsp3) is 0.321. The number of nitrogens with two attached hydrogens (primary N) is 1. The van der Waals surface area contributed by atoms with E-state index in [1.165, 1.54) is 0 Å². The second-order valence-electron chi connectivity index (χ2n) is 10.6. The van der Waals surface area contributed by atoms with E-state index >= 15 is 0 Å². The van der Waals surface area contributed by atoms with Crippen molar-refractivity contribution in [3.8, 4) is 28.8 Å². The van der Waals surface area contributed by atoms with Crippen molar-refractivity contribution < 1.29 is 14.3 Å². The van der Waals surface area contributed by atoms with Crippen molar-refractivity contribution in [3.05, 3.63) is 63.8 Å². The van der Waals surface area contributed by atoms with Crippen molar-refractivity contribution in [2.45, 2.75) is 52.7 Å². The van der Waals surface area contributed by atoms with E-state index in [2.05, 4.69) is 27.6 Å². The molecule has 0 aliphatic heterocycles. The molecule has 200 valence electrons. The summed E-state index contributed by atoms with van der Waals surface area (Å²) in [6, 6.07) is 12.2. The van der Waals surface area contributed by atoms with Gasteiger partial charge in [-0.25, -0.2) is 9.48 Å². The molecule has 1 aromatic heterocycles. The lowest BCUT2D eigenvalue weighted by molar-refractivity contribution is 0.0535. The first-order valence-corrected chi connectivity index (χ1v) is 12.6. The molecule has 0 radical (unpaired) electrons. The Morgan fingerprint density at radius 2 is 1.71 bits per heavy atom. The van der Waals surface area contributed by atoms with Gasteiger partial charge in [-0.15, -0.1) is 0 Å². The van der Waals surface area contributed by atoms with Crippen LogP contribution in [0.5, 0.6) is 0 Å². The molecular formula is C28H31Cl2N5O3. The molecule has 0 unspecified atom stereocenters. The maximum absolute atomic E-state index is 13.0. The lowest BCUT2D eigenvalue weighted by Crippen LogP contribution is -2.41. The predicted octanol–water partition coefficient (Wildman–Crippen LogP) is 5.83. The number of hydrogen-bond acceptors (Lipinski definition) is 5. The number of alkyl carbamates (subject to hydrolysis) is 1. The number of carbonyl (C=O) groups is 2. The molecule has 3 rings (SSSR count). The maximum Gasteiger partial charge on any atom is 0.408 e. The van der Waals surface area contributed by atoms with Crippen LogP contribution in [0.2, 0.25) is 10.0 Å². The van der Waals surface area contributed by atoms with Crippen LogP contribution >= 0.6 is 23.2 Å². The number of nitrogens with zero attached hydrogens (tertiary/aromatic N) is 2. The molecule has 3 aromatic rings. The first-order valence-electron chi connectivity index (χ1n) is 11.9. The molecule has 2 aromatic carbocycles. The molecule has 38 heavy (non-hydrogen) atoms. The number of benzene rings is 2. The quantitative estimate of drug-likeness (QED) is 0.350. The molecule has 0 aliphatic rings. The van der Waals surface area contributed by atoms with Gasteiger partial charge in [-0.2, -0.15) is 5.10 Å². The minimum atomic E-state index is -0.588. The number of carbonyl (C=O) groups excluding carboxylic acids is 2. The smallest absolute Gasteiger partial charge is 0.408 e. The summed E-state index contributed by atoms with van der Waals surface area (Å²) < 4.78 is 6.73. The monoisotopic (exact) mass is 555 g/mol. The molecular weight excluding hydrogens is 525 g/mol. The first-order chi connectivity index (χ1) is 17.6. The van der Waals surface area contributed by atoms with Crippen LogP contribution in [-0.4, -0.2) is 39.5 Å². The minimum absolute atomic E-state index is 0.0815. The van der Waals surface area contributed by atoms with Crippen LogP contribution in [0, 0.1) is 11.8 Å². The van der Waals surface area contributed by atoms with Gasteiger partial charge in [0.05, 0.1) is 28.6 Å². The average molecular weight is 556 g/mol. The lowest BCUT2D eigenvalue weighted by atomic mass is 10.1.